The summed E-state index contributed by atoms with van der Waals surface area (Å²) in [5, 5.41) is 3.05. The van der Waals surface area contributed by atoms with Gasteiger partial charge in [-0.1, -0.05) is 28.1 Å². The molecule has 1 aromatic heterocycles. The average molecular weight is 294 g/mol. The summed E-state index contributed by atoms with van der Waals surface area (Å²) in [6.45, 7) is 0.873. The molecule has 0 bridgehead atoms. The van der Waals surface area contributed by atoms with E-state index in [2.05, 4.69) is 21.2 Å². The van der Waals surface area contributed by atoms with Crippen LogP contribution in [0.4, 0.5) is 0 Å². The molecule has 0 amide bonds. The van der Waals surface area contributed by atoms with Gasteiger partial charge >= 0.3 is 0 Å². The molecule has 0 saturated heterocycles. The van der Waals surface area contributed by atoms with Gasteiger partial charge in [0.25, 0.3) is 0 Å². The molecular weight excluding hydrogens is 282 g/mol. The van der Waals surface area contributed by atoms with Crippen LogP contribution >= 0.6 is 15.9 Å². The summed E-state index contributed by atoms with van der Waals surface area (Å²) in [7, 11) is 0. The Morgan fingerprint density at radius 2 is 2.00 bits per heavy atom. The van der Waals surface area contributed by atoms with Crippen molar-refractivity contribution in [3.63, 3.8) is 0 Å². The van der Waals surface area contributed by atoms with Crippen LogP contribution in [-0.4, -0.2) is 12.3 Å². The largest absolute Gasteiger partial charge is 0.468 e. The molecule has 0 saturated carbocycles. The predicted octanol–water partition coefficient (Wildman–Crippen LogP) is 3.01. The van der Waals surface area contributed by atoms with E-state index in [-0.39, 0.29) is 5.78 Å². The Kier molecular flexibility index (Phi) is 4.12. The number of halogens is 1. The predicted molar refractivity (Wildman–Crippen MR) is 68.9 cm³/mol. The number of furan rings is 1. The van der Waals surface area contributed by atoms with E-state index in [1.54, 1.807) is 18.4 Å². The number of hydrogen-bond acceptors (Lipinski definition) is 3. The van der Waals surface area contributed by atoms with E-state index in [1.165, 1.54) is 0 Å². The molecule has 17 heavy (non-hydrogen) atoms. The summed E-state index contributed by atoms with van der Waals surface area (Å²) < 4.78 is 6.13. The Balaban J connectivity index is 1.83. The maximum absolute atomic E-state index is 11.8. The highest BCUT2D eigenvalue weighted by atomic mass is 79.9. The van der Waals surface area contributed by atoms with Crippen LogP contribution in [0, 0.1) is 0 Å². The molecule has 0 aliphatic carbocycles. The van der Waals surface area contributed by atoms with E-state index in [0.717, 1.165) is 10.2 Å². The van der Waals surface area contributed by atoms with Gasteiger partial charge < -0.3 is 9.73 Å². The summed E-state index contributed by atoms with van der Waals surface area (Å²) in [6.07, 6.45) is 1.62. The van der Waals surface area contributed by atoms with Gasteiger partial charge in [0.15, 0.2) is 5.78 Å². The molecule has 88 valence electrons. The molecule has 4 heteroatoms. The number of ketones is 1. The number of carbonyl (C=O) groups excluding carboxylic acids is 1. The van der Waals surface area contributed by atoms with Crippen LogP contribution in [0.2, 0.25) is 0 Å². The standard InChI is InChI=1S/C13H12BrNO2/c14-11-5-3-10(4-6-11)13(16)9-15-8-12-2-1-7-17-12/h1-7,15H,8-9H2. The normalized spacial score (nSPS) is 10.4. The third-order valence-corrected chi connectivity index (χ3v) is 2.86. The van der Waals surface area contributed by atoms with Crippen molar-refractivity contribution in [3.05, 3.63) is 58.5 Å². The zero-order valence-corrected chi connectivity index (χ0v) is 10.7. The molecule has 3 nitrogen and oxygen atoms in total. The van der Waals surface area contributed by atoms with Crippen molar-refractivity contribution in [3.8, 4) is 0 Å². The van der Waals surface area contributed by atoms with Gasteiger partial charge in [0.2, 0.25) is 0 Å². The van der Waals surface area contributed by atoms with E-state index >= 15 is 0 Å². The lowest BCUT2D eigenvalue weighted by Gasteiger charge is -2.02. The Morgan fingerprint density at radius 3 is 2.65 bits per heavy atom. The summed E-state index contributed by atoms with van der Waals surface area (Å²) in [5.41, 5.74) is 0.708. The van der Waals surface area contributed by atoms with Crippen molar-refractivity contribution in [1.82, 2.24) is 5.32 Å². The van der Waals surface area contributed by atoms with Gasteiger partial charge in [0, 0.05) is 10.0 Å². The van der Waals surface area contributed by atoms with Crippen molar-refractivity contribution in [1.29, 1.82) is 0 Å². The summed E-state index contributed by atoms with van der Waals surface area (Å²) in [5.74, 6) is 0.901. The van der Waals surface area contributed by atoms with Crippen molar-refractivity contribution in [2.45, 2.75) is 6.54 Å². The van der Waals surface area contributed by atoms with Gasteiger partial charge in [-0.25, -0.2) is 0 Å². The second-order valence-electron chi connectivity index (χ2n) is 3.61. The Hall–Kier alpha value is -1.39. The molecule has 1 heterocycles. The molecule has 0 aliphatic rings. The maximum Gasteiger partial charge on any atom is 0.176 e. The monoisotopic (exact) mass is 293 g/mol. The second kappa shape index (κ2) is 5.80. The van der Waals surface area contributed by atoms with Crippen molar-refractivity contribution < 1.29 is 9.21 Å². The van der Waals surface area contributed by atoms with Crippen LogP contribution in [0.25, 0.3) is 0 Å². The summed E-state index contributed by atoms with van der Waals surface area (Å²) >= 11 is 3.33. The SMILES string of the molecule is O=C(CNCc1ccco1)c1ccc(Br)cc1. The number of rotatable bonds is 5. The maximum atomic E-state index is 11.8. The third kappa shape index (κ3) is 3.54. The fourth-order valence-electron chi connectivity index (χ4n) is 1.45. The Labute approximate surface area is 108 Å². The minimum Gasteiger partial charge on any atom is -0.468 e. The van der Waals surface area contributed by atoms with Crippen molar-refractivity contribution in [2.75, 3.05) is 6.54 Å². The highest BCUT2D eigenvalue weighted by Crippen LogP contribution is 2.10. The molecule has 0 unspecified atom stereocenters. The van der Waals surface area contributed by atoms with Crippen molar-refractivity contribution >= 4 is 21.7 Å². The number of hydrogen-bond donors (Lipinski definition) is 1. The Bertz CT molecular complexity index is 477. The third-order valence-electron chi connectivity index (χ3n) is 2.33. The van der Waals surface area contributed by atoms with Gasteiger partial charge in [-0.3, -0.25) is 4.79 Å². The van der Waals surface area contributed by atoms with E-state index < -0.39 is 0 Å². The smallest absolute Gasteiger partial charge is 0.176 e. The number of carbonyl (C=O) groups is 1. The first-order chi connectivity index (χ1) is 8.25. The number of nitrogens with one attached hydrogen (secondary N) is 1. The topological polar surface area (TPSA) is 42.2 Å². The zero-order valence-electron chi connectivity index (χ0n) is 9.15. The molecule has 0 aliphatic heterocycles. The van der Waals surface area contributed by atoms with E-state index in [1.807, 2.05) is 24.3 Å². The van der Waals surface area contributed by atoms with Gasteiger partial charge in [-0.2, -0.15) is 0 Å². The van der Waals surface area contributed by atoms with Gasteiger partial charge in [-0.05, 0) is 24.3 Å². The quantitative estimate of drug-likeness (QED) is 0.862. The lowest BCUT2D eigenvalue weighted by molar-refractivity contribution is 0.0990. The first-order valence-electron chi connectivity index (χ1n) is 5.27. The minimum absolute atomic E-state index is 0.0732. The molecule has 1 aromatic carbocycles. The molecular formula is C13H12BrNO2. The van der Waals surface area contributed by atoms with E-state index in [9.17, 15) is 4.79 Å². The van der Waals surface area contributed by atoms with Crippen molar-refractivity contribution in [2.24, 2.45) is 0 Å². The molecule has 0 radical (unpaired) electrons. The van der Waals surface area contributed by atoms with Crippen LogP contribution in [0.5, 0.6) is 0 Å². The molecule has 1 N–H and O–H groups in total. The lowest BCUT2D eigenvalue weighted by atomic mass is 10.1. The van der Waals surface area contributed by atoms with Crippen LogP contribution in [0.1, 0.15) is 16.1 Å². The van der Waals surface area contributed by atoms with E-state index in [0.29, 0.717) is 18.7 Å². The van der Waals surface area contributed by atoms with Crippen LogP contribution in [-0.2, 0) is 6.54 Å². The first kappa shape index (κ1) is 12.1. The summed E-state index contributed by atoms with van der Waals surface area (Å²) in [4.78, 5) is 11.8. The molecule has 2 rings (SSSR count). The fourth-order valence-corrected chi connectivity index (χ4v) is 1.71. The molecule has 0 atom stereocenters. The van der Waals surface area contributed by atoms with Gasteiger partial charge in [-0.15, -0.1) is 0 Å². The van der Waals surface area contributed by atoms with E-state index in [4.69, 9.17) is 4.42 Å². The van der Waals surface area contributed by atoms with Crippen LogP contribution in [0.15, 0.2) is 51.6 Å². The first-order valence-corrected chi connectivity index (χ1v) is 6.07. The molecule has 2 aromatic rings. The van der Waals surface area contributed by atoms with Crippen LogP contribution in [0.3, 0.4) is 0 Å². The number of Topliss-reactive ketones (excluding diaryl/α,β-unsaturated/α-hetero) is 1. The number of benzene rings is 1. The Morgan fingerprint density at radius 1 is 1.24 bits per heavy atom. The fraction of sp³-hybridized carbons (Fsp3) is 0.154. The minimum atomic E-state index is 0.0732. The zero-order chi connectivity index (χ0) is 12.1. The highest BCUT2D eigenvalue weighted by Gasteiger charge is 2.05. The summed E-state index contributed by atoms with van der Waals surface area (Å²) in [6, 6.07) is 11.0. The van der Waals surface area contributed by atoms with Gasteiger partial charge in [0.1, 0.15) is 5.76 Å². The van der Waals surface area contributed by atoms with Crippen LogP contribution < -0.4 is 5.32 Å². The highest BCUT2D eigenvalue weighted by molar-refractivity contribution is 9.10. The second-order valence-corrected chi connectivity index (χ2v) is 4.53. The lowest BCUT2D eigenvalue weighted by Crippen LogP contribution is -2.22. The average Bonchev–Trinajstić information content (AvgIpc) is 2.83. The van der Waals surface area contributed by atoms with Gasteiger partial charge in [0.05, 0.1) is 19.4 Å². The molecule has 0 spiro atoms. The molecule has 0 fully saturated rings.